The number of nitrogens with zero attached hydrogens (tertiary/aromatic N) is 1. The van der Waals surface area contributed by atoms with E-state index in [2.05, 4.69) is 4.90 Å². The molecular formula is C20H24FN2O2+. The number of methoxy groups -OCH3 is 1. The van der Waals surface area contributed by atoms with Crippen LogP contribution in [-0.4, -0.2) is 39.1 Å². The zero-order valence-electron chi connectivity index (χ0n) is 14.7. The molecule has 2 aromatic carbocycles. The first kappa shape index (κ1) is 17.4. The molecule has 1 saturated heterocycles. The van der Waals surface area contributed by atoms with E-state index >= 15 is 0 Å². The average Bonchev–Trinajstić information content (AvgIpc) is 2.63. The second-order valence-electron chi connectivity index (χ2n) is 6.47. The normalized spacial score (nSPS) is 15.2. The Kier molecular flexibility index (Phi) is 5.34. The summed E-state index contributed by atoms with van der Waals surface area (Å²) in [5, 5.41) is 0. The summed E-state index contributed by atoms with van der Waals surface area (Å²) in [6.45, 7) is 6.18. The summed E-state index contributed by atoms with van der Waals surface area (Å²) in [4.78, 5) is 15.1. The molecule has 1 N–H and O–H groups in total. The van der Waals surface area contributed by atoms with Crippen molar-refractivity contribution >= 4 is 11.5 Å². The van der Waals surface area contributed by atoms with Crippen molar-refractivity contribution in [3.63, 3.8) is 0 Å². The average molecular weight is 343 g/mol. The molecule has 2 aromatic rings. The van der Waals surface area contributed by atoms with Gasteiger partial charge in [0.05, 0.1) is 38.9 Å². The molecule has 132 valence electrons. The summed E-state index contributed by atoms with van der Waals surface area (Å²) in [6.07, 6.45) is 0. The highest BCUT2D eigenvalue weighted by molar-refractivity contribution is 5.94. The Morgan fingerprint density at radius 2 is 1.84 bits per heavy atom. The highest BCUT2D eigenvalue weighted by Gasteiger charge is 2.22. The first-order chi connectivity index (χ1) is 12.1. The minimum Gasteiger partial charge on any atom is -0.496 e. The lowest BCUT2D eigenvalue weighted by atomic mass is 10.1. The second-order valence-corrected chi connectivity index (χ2v) is 6.47. The molecule has 5 heteroatoms. The third-order valence-electron chi connectivity index (χ3n) is 4.79. The lowest BCUT2D eigenvalue weighted by molar-refractivity contribution is -0.914. The lowest BCUT2D eigenvalue weighted by Gasteiger charge is -2.34. The van der Waals surface area contributed by atoms with Gasteiger partial charge in [0.25, 0.3) is 0 Å². The largest absolute Gasteiger partial charge is 0.496 e. The predicted octanol–water partition coefficient (Wildman–Crippen LogP) is 1.94. The van der Waals surface area contributed by atoms with Gasteiger partial charge in [0.15, 0.2) is 5.78 Å². The minimum atomic E-state index is -0.223. The molecule has 0 radical (unpaired) electrons. The number of carbonyl (C=O) groups is 1. The molecule has 0 spiro atoms. The van der Waals surface area contributed by atoms with Gasteiger partial charge in [-0.05, 0) is 49.4 Å². The molecule has 1 fully saturated rings. The standard InChI is InChI=1S/C20H23FN2O2/c1-15(24)16-3-6-19(7-4-16)23-11-9-22(10-12-23)14-17-13-18(21)5-8-20(17)25-2/h3-8,13H,9-12,14H2,1-2H3/p+1. The molecular weight excluding hydrogens is 319 g/mol. The Morgan fingerprint density at radius 1 is 1.16 bits per heavy atom. The molecule has 0 atom stereocenters. The Bertz CT molecular complexity index is 738. The van der Waals surface area contributed by atoms with E-state index in [0.29, 0.717) is 0 Å². The molecule has 4 nitrogen and oxygen atoms in total. The van der Waals surface area contributed by atoms with Crippen LogP contribution in [0.5, 0.6) is 5.75 Å². The summed E-state index contributed by atoms with van der Waals surface area (Å²) in [5.41, 5.74) is 2.80. The summed E-state index contributed by atoms with van der Waals surface area (Å²) in [7, 11) is 1.62. The van der Waals surface area contributed by atoms with E-state index in [1.54, 1.807) is 26.2 Å². The van der Waals surface area contributed by atoms with Crippen molar-refractivity contribution in [3.8, 4) is 5.75 Å². The van der Waals surface area contributed by atoms with Gasteiger partial charge in [-0.25, -0.2) is 4.39 Å². The summed E-state index contributed by atoms with van der Waals surface area (Å²) >= 11 is 0. The number of quaternary nitrogens is 1. The lowest BCUT2D eigenvalue weighted by Crippen LogP contribution is -3.13. The van der Waals surface area contributed by atoms with Crippen LogP contribution in [0.3, 0.4) is 0 Å². The van der Waals surface area contributed by atoms with Gasteiger partial charge in [-0.1, -0.05) is 0 Å². The van der Waals surface area contributed by atoms with Crippen LogP contribution in [0.25, 0.3) is 0 Å². The number of benzene rings is 2. The number of anilines is 1. The molecule has 1 heterocycles. The van der Waals surface area contributed by atoms with Gasteiger partial charge in [-0.3, -0.25) is 4.79 Å². The van der Waals surface area contributed by atoms with Gasteiger partial charge in [-0.15, -0.1) is 0 Å². The van der Waals surface area contributed by atoms with Gasteiger partial charge in [-0.2, -0.15) is 0 Å². The molecule has 3 rings (SSSR count). The number of piperazine rings is 1. The van der Waals surface area contributed by atoms with Crippen LogP contribution < -0.4 is 14.5 Å². The fourth-order valence-electron chi connectivity index (χ4n) is 3.32. The van der Waals surface area contributed by atoms with Crippen LogP contribution in [-0.2, 0) is 6.54 Å². The topological polar surface area (TPSA) is 34.0 Å². The van der Waals surface area contributed by atoms with Crippen LogP contribution in [0.2, 0.25) is 0 Å². The number of halogens is 1. The Balaban J connectivity index is 1.60. The van der Waals surface area contributed by atoms with Crippen molar-refractivity contribution in [1.29, 1.82) is 0 Å². The van der Waals surface area contributed by atoms with Crippen LogP contribution >= 0.6 is 0 Å². The van der Waals surface area contributed by atoms with Crippen LogP contribution in [0.1, 0.15) is 22.8 Å². The van der Waals surface area contributed by atoms with Crippen LogP contribution in [0.4, 0.5) is 10.1 Å². The molecule has 0 aromatic heterocycles. The highest BCUT2D eigenvalue weighted by atomic mass is 19.1. The van der Waals surface area contributed by atoms with Crippen LogP contribution in [0.15, 0.2) is 42.5 Å². The van der Waals surface area contributed by atoms with Crippen molar-refractivity contribution in [2.24, 2.45) is 0 Å². The van der Waals surface area contributed by atoms with Crippen molar-refractivity contribution in [2.75, 3.05) is 38.2 Å². The third-order valence-corrected chi connectivity index (χ3v) is 4.79. The maximum Gasteiger partial charge on any atom is 0.159 e. The Labute approximate surface area is 147 Å². The maximum absolute atomic E-state index is 13.5. The fraction of sp³-hybridized carbons (Fsp3) is 0.350. The number of hydrogen-bond donors (Lipinski definition) is 1. The van der Waals surface area contributed by atoms with Crippen molar-refractivity contribution < 1.29 is 18.8 Å². The molecule has 0 amide bonds. The summed E-state index contributed by atoms with van der Waals surface area (Å²) in [5.74, 6) is 0.611. The molecule has 0 aliphatic carbocycles. The van der Waals surface area contributed by atoms with E-state index in [9.17, 15) is 9.18 Å². The van der Waals surface area contributed by atoms with Gasteiger partial charge >= 0.3 is 0 Å². The monoisotopic (exact) mass is 343 g/mol. The van der Waals surface area contributed by atoms with E-state index in [1.165, 1.54) is 11.0 Å². The van der Waals surface area contributed by atoms with Gasteiger partial charge in [0.1, 0.15) is 18.1 Å². The predicted molar refractivity (Wildman–Crippen MR) is 96.0 cm³/mol. The van der Waals surface area contributed by atoms with E-state index in [1.807, 2.05) is 24.3 Å². The number of ketones is 1. The first-order valence-corrected chi connectivity index (χ1v) is 8.59. The van der Waals surface area contributed by atoms with E-state index in [0.717, 1.165) is 55.3 Å². The van der Waals surface area contributed by atoms with E-state index < -0.39 is 0 Å². The quantitative estimate of drug-likeness (QED) is 0.843. The van der Waals surface area contributed by atoms with Gasteiger partial charge in [0, 0.05) is 11.3 Å². The zero-order chi connectivity index (χ0) is 17.8. The summed E-state index contributed by atoms with van der Waals surface area (Å²) < 4.78 is 18.9. The van der Waals surface area contributed by atoms with Crippen molar-refractivity contribution in [1.82, 2.24) is 0 Å². The maximum atomic E-state index is 13.5. The van der Waals surface area contributed by atoms with Crippen molar-refractivity contribution in [3.05, 3.63) is 59.4 Å². The molecule has 25 heavy (non-hydrogen) atoms. The Morgan fingerprint density at radius 3 is 2.44 bits per heavy atom. The van der Waals surface area contributed by atoms with Gasteiger partial charge < -0.3 is 14.5 Å². The fourth-order valence-corrected chi connectivity index (χ4v) is 3.32. The zero-order valence-corrected chi connectivity index (χ0v) is 14.7. The van der Waals surface area contributed by atoms with Gasteiger partial charge in [0.2, 0.25) is 0 Å². The van der Waals surface area contributed by atoms with E-state index in [4.69, 9.17) is 4.74 Å². The van der Waals surface area contributed by atoms with Crippen molar-refractivity contribution in [2.45, 2.75) is 13.5 Å². The number of rotatable bonds is 5. The SMILES string of the molecule is COc1ccc(F)cc1C[NH+]1CCN(c2ccc(C(C)=O)cc2)CC1. The molecule has 0 saturated carbocycles. The second kappa shape index (κ2) is 7.66. The van der Waals surface area contributed by atoms with Crippen LogP contribution in [0, 0.1) is 5.82 Å². The number of ether oxygens (including phenoxy) is 1. The molecule has 1 aliphatic heterocycles. The number of nitrogens with one attached hydrogen (secondary N) is 1. The number of Topliss-reactive ketones (excluding diaryl/α,β-unsaturated/α-hetero) is 1. The highest BCUT2D eigenvalue weighted by Crippen LogP contribution is 2.19. The van der Waals surface area contributed by atoms with E-state index in [-0.39, 0.29) is 11.6 Å². The summed E-state index contributed by atoms with van der Waals surface area (Å²) in [6, 6.07) is 12.5. The first-order valence-electron chi connectivity index (χ1n) is 8.59. The molecule has 0 unspecified atom stereocenters. The molecule has 0 bridgehead atoms. The molecule has 1 aliphatic rings. The Hall–Kier alpha value is -2.40. The third kappa shape index (κ3) is 4.17. The number of hydrogen-bond acceptors (Lipinski definition) is 3. The number of carbonyl (C=O) groups excluding carboxylic acids is 1. The minimum absolute atomic E-state index is 0.0878. The smallest absolute Gasteiger partial charge is 0.159 e.